The summed E-state index contributed by atoms with van der Waals surface area (Å²) in [5.41, 5.74) is 3.32. The lowest BCUT2D eigenvalue weighted by Gasteiger charge is -2.35. The van der Waals surface area contributed by atoms with Gasteiger partial charge < -0.3 is 15.2 Å². The number of benzene rings is 2. The molecule has 0 bridgehead atoms. The third-order valence-electron chi connectivity index (χ3n) is 5.87. The highest BCUT2D eigenvalue weighted by Gasteiger charge is 2.37. The van der Waals surface area contributed by atoms with Crippen LogP contribution in [0.25, 0.3) is 0 Å². The maximum absolute atomic E-state index is 13.3. The normalized spacial score (nSPS) is 15.6. The van der Waals surface area contributed by atoms with Gasteiger partial charge in [-0.1, -0.05) is 60.7 Å². The quantitative estimate of drug-likeness (QED) is 0.444. The van der Waals surface area contributed by atoms with Crippen molar-refractivity contribution in [1.29, 1.82) is 0 Å². The highest BCUT2D eigenvalue weighted by molar-refractivity contribution is 9.10. The van der Waals surface area contributed by atoms with E-state index in [0.717, 1.165) is 16.7 Å². The van der Waals surface area contributed by atoms with E-state index in [4.69, 9.17) is 4.74 Å². The molecule has 0 unspecified atom stereocenters. The second-order valence-electron chi connectivity index (χ2n) is 8.21. The van der Waals surface area contributed by atoms with Gasteiger partial charge in [-0.25, -0.2) is 14.6 Å². The summed E-state index contributed by atoms with van der Waals surface area (Å²) in [6.45, 7) is 0.257. The number of aromatic nitrogens is 1. The number of hydrogen-bond donors (Lipinski definition) is 2. The Morgan fingerprint density at radius 3 is 2.49 bits per heavy atom. The van der Waals surface area contributed by atoms with Gasteiger partial charge in [0.05, 0.1) is 6.54 Å². The number of rotatable bonds is 7. The number of carboxylic acids is 1. The van der Waals surface area contributed by atoms with Crippen molar-refractivity contribution in [2.75, 3.05) is 0 Å². The molecule has 2 heterocycles. The number of nitrogens with one attached hydrogen (secondary N) is 1. The minimum Gasteiger partial charge on any atom is -0.480 e. The van der Waals surface area contributed by atoms with Crippen molar-refractivity contribution in [3.63, 3.8) is 0 Å². The van der Waals surface area contributed by atoms with Gasteiger partial charge >= 0.3 is 12.1 Å². The second-order valence-corrected chi connectivity index (χ2v) is 8.96. The molecule has 0 aliphatic carbocycles. The van der Waals surface area contributed by atoms with E-state index >= 15 is 0 Å². The predicted octanol–water partition coefficient (Wildman–Crippen LogP) is 3.72. The molecule has 2 aromatic carbocycles. The first-order valence-corrected chi connectivity index (χ1v) is 11.9. The number of hydrogen-bond acceptors (Lipinski definition) is 5. The van der Waals surface area contributed by atoms with Crippen molar-refractivity contribution in [3.8, 4) is 0 Å². The first-order chi connectivity index (χ1) is 16.9. The second kappa shape index (κ2) is 11.1. The molecule has 0 radical (unpaired) electrons. The van der Waals surface area contributed by atoms with Crippen LogP contribution in [0.5, 0.6) is 0 Å². The number of amides is 2. The fourth-order valence-corrected chi connectivity index (χ4v) is 4.42. The Bertz CT molecular complexity index is 1220. The maximum Gasteiger partial charge on any atom is 0.411 e. The minimum absolute atomic E-state index is 0.0389. The molecule has 1 aliphatic rings. The lowest BCUT2D eigenvalue weighted by molar-refractivity contribution is -0.142. The number of fused-ring (bicyclic) bond motifs is 1. The molecule has 0 saturated heterocycles. The van der Waals surface area contributed by atoms with Crippen LogP contribution in [0.3, 0.4) is 0 Å². The molecule has 0 spiro atoms. The molecule has 9 heteroatoms. The van der Waals surface area contributed by atoms with Gasteiger partial charge in [0.2, 0.25) is 5.91 Å². The van der Waals surface area contributed by atoms with Crippen molar-refractivity contribution in [3.05, 3.63) is 99.8 Å². The molecule has 4 rings (SSSR count). The van der Waals surface area contributed by atoms with E-state index in [1.54, 1.807) is 18.3 Å². The zero-order valence-corrected chi connectivity index (χ0v) is 20.3. The highest BCUT2D eigenvalue weighted by Crippen LogP contribution is 2.25. The lowest BCUT2D eigenvalue weighted by Crippen LogP contribution is -2.56. The molecular weight excluding hydrogens is 514 g/mol. The summed E-state index contributed by atoms with van der Waals surface area (Å²) in [5, 5.41) is 12.4. The first kappa shape index (κ1) is 24.4. The molecule has 0 fully saturated rings. The Balaban J connectivity index is 1.52. The topological polar surface area (TPSA) is 109 Å². The van der Waals surface area contributed by atoms with Crippen molar-refractivity contribution >= 4 is 33.9 Å². The number of nitrogens with zero attached hydrogens (tertiary/aromatic N) is 2. The van der Waals surface area contributed by atoms with E-state index in [1.807, 2.05) is 54.6 Å². The smallest absolute Gasteiger partial charge is 0.411 e. The number of aliphatic carboxylic acids is 1. The Kier molecular flexibility index (Phi) is 7.77. The van der Waals surface area contributed by atoms with Crippen LogP contribution in [0, 0.1) is 0 Å². The summed E-state index contributed by atoms with van der Waals surface area (Å²) in [6.07, 6.45) is 1.24. The third-order valence-corrected chi connectivity index (χ3v) is 6.58. The largest absolute Gasteiger partial charge is 0.480 e. The van der Waals surface area contributed by atoms with Gasteiger partial charge in [-0.2, -0.15) is 0 Å². The fraction of sp³-hybridized carbons (Fsp3) is 0.231. The van der Waals surface area contributed by atoms with Crippen LogP contribution in [0.15, 0.2) is 77.5 Å². The first-order valence-electron chi connectivity index (χ1n) is 11.1. The maximum atomic E-state index is 13.3. The van der Waals surface area contributed by atoms with E-state index < -0.39 is 30.1 Å². The van der Waals surface area contributed by atoms with Gasteiger partial charge in [-0.15, -0.1) is 0 Å². The zero-order chi connectivity index (χ0) is 24.8. The molecular formula is C26H24BrN3O5. The van der Waals surface area contributed by atoms with Gasteiger partial charge in [-0.3, -0.25) is 9.69 Å². The van der Waals surface area contributed by atoms with Crippen LogP contribution in [0.2, 0.25) is 0 Å². The molecule has 2 N–H and O–H groups in total. The van der Waals surface area contributed by atoms with Crippen LogP contribution in [0.4, 0.5) is 4.79 Å². The number of carbonyl (C=O) groups is 3. The number of carbonyl (C=O) groups excluding carboxylic acids is 2. The van der Waals surface area contributed by atoms with Gasteiger partial charge in [-0.05, 0) is 44.3 Å². The highest BCUT2D eigenvalue weighted by atomic mass is 79.9. The number of halogens is 1. The summed E-state index contributed by atoms with van der Waals surface area (Å²) in [6, 6.07) is 18.2. The lowest BCUT2D eigenvalue weighted by atomic mass is 9.93. The Hall–Kier alpha value is -3.72. The predicted molar refractivity (Wildman–Crippen MR) is 131 cm³/mol. The van der Waals surface area contributed by atoms with Crippen LogP contribution in [-0.2, 0) is 40.3 Å². The monoisotopic (exact) mass is 537 g/mol. The van der Waals surface area contributed by atoms with Crippen molar-refractivity contribution in [2.24, 2.45) is 0 Å². The molecule has 2 amide bonds. The third kappa shape index (κ3) is 6.05. The van der Waals surface area contributed by atoms with Crippen LogP contribution >= 0.6 is 15.9 Å². The van der Waals surface area contributed by atoms with E-state index in [2.05, 4.69) is 26.2 Å². The van der Waals surface area contributed by atoms with Crippen LogP contribution in [0.1, 0.15) is 22.3 Å². The Morgan fingerprint density at radius 2 is 1.77 bits per heavy atom. The summed E-state index contributed by atoms with van der Waals surface area (Å²) in [5.74, 6) is -1.73. The fourth-order valence-electron chi connectivity index (χ4n) is 4.01. The van der Waals surface area contributed by atoms with E-state index in [9.17, 15) is 19.5 Å². The van der Waals surface area contributed by atoms with Crippen molar-refractivity contribution in [1.82, 2.24) is 15.2 Å². The number of carboxylic acid groups (broad SMARTS) is 1. The Labute approximate surface area is 211 Å². The molecule has 0 saturated carbocycles. The molecule has 1 aliphatic heterocycles. The number of pyridine rings is 1. The zero-order valence-electron chi connectivity index (χ0n) is 18.8. The number of ether oxygens (including phenoxy) is 1. The van der Waals surface area contributed by atoms with Gasteiger partial charge in [0, 0.05) is 19.0 Å². The van der Waals surface area contributed by atoms with Crippen LogP contribution < -0.4 is 5.32 Å². The van der Waals surface area contributed by atoms with E-state index in [-0.39, 0.29) is 26.0 Å². The van der Waals surface area contributed by atoms with Crippen LogP contribution in [-0.4, -0.2) is 45.0 Å². The molecule has 2 atom stereocenters. The van der Waals surface area contributed by atoms with Crippen molar-refractivity contribution in [2.45, 2.75) is 38.1 Å². The average molecular weight is 538 g/mol. The van der Waals surface area contributed by atoms with E-state index in [0.29, 0.717) is 10.2 Å². The average Bonchev–Trinajstić information content (AvgIpc) is 2.87. The summed E-state index contributed by atoms with van der Waals surface area (Å²) >= 11 is 3.31. The van der Waals surface area contributed by atoms with Gasteiger partial charge in [0.1, 0.15) is 23.3 Å². The minimum atomic E-state index is -1.19. The molecule has 180 valence electrons. The van der Waals surface area contributed by atoms with Gasteiger partial charge in [0.15, 0.2) is 0 Å². The summed E-state index contributed by atoms with van der Waals surface area (Å²) < 4.78 is 6.02. The standard InChI is InChI=1S/C26H24BrN3O5/c27-23-19(11-6-12-28-23)13-21(25(32)33)29-24(31)22-14-18-9-4-5-10-20(18)15-30(22)26(34)35-16-17-7-2-1-3-8-17/h1-12,21-22H,13-16H2,(H,29,31)(H,32,33)/t21-,22+/m1/s1. The Morgan fingerprint density at radius 1 is 1.06 bits per heavy atom. The summed E-state index contributed by atoms with van der Waals surface area (Å²) in [4.78, 5) is 43.8. The summed E-state index contributed by atoms with van der Waals surface area (Å²) in [7, 11) is 0. The molecule has 8 nitrogen and oxygen atoms in total. The van der Waals surface area contributed by atoms with E-state index in [1.165, 1.54) is 4.90 Å². The molecule has 3 aromatic rings. The molecule has 35 heavy (non-hydrogen) atoms. The SMILES string of the molecule is O=C(O)[C@@H](Cc1cccnc1Br)NC(=O)[C@@H]1Cc2ccccc2CN1C(=O)OCc1ccccc1. The van der Waals surface area contributed by atoms with Crippen molar-refractivity contribution < 1.29 is 24.2 Å². The molecule has 1 aromatic heterocycles. The van der Waals surface area contributed by atoms with Gasteiger partial charge in [0.25, 0.3) is 0 Å².